The van der Waals surface area contributed by atoms with Crippen molar-refractivity contribution in [3.63, 3.8) is 0 Å². The summed E-state index contributed by atoms with van der Waals surface area (Å²) in [6, 6.07) is 10.3. The van der Waals surface area contributed by atoms with Gasteiger partial charge in [-0.15, -0.1) is 0 Å². The van der Waals surface area contributed by atoms with E-state index in [9.17, 15) is 4.79 Å². The lowest BCUT2D eigenvalue weighted by molar-refractivity contribution is -0.116. The minimum atomic E-state index is 0.0596. The number of carbonyl (C=O) groups is 1. The summed E-state index contributed by atoms with van der Waals surface area (Å²) in [5, 5.41) is 2.86. The highest BCUT2D eigenvalue weighted by molar-refractivity contribution is 5.92. The third-order valence-corrected chi connectivity index (χ3v) is 5.58. The zero-order valence-electron chi connectivity index (χ0n) is 17.1. The highest BCUT2D eigenvalue weighted by Gasteiger charge is 2.17. The van der Waals surface area contributed by atoms with Crippen molar-refractivity contribution >= 4 is 23.6 Å². The predicted octanol–water partition coefficient (Wildman–Crippen LogP) is 3.29. The number of hydrogen-bond donors (Lipinski definition) is 1. The monoisotopic (exact) mass is 391 g/mol. The van der Waals surface area contributed by atoms with Gasteiger partial charge in [0.2, 0.25) is 5.91 Å². The van der Waals surface area contributed by atoms with E-state index in [0.29, 0.717) is 6.42 Å². The fourth-order valence-electron chi connectivity index (χ4n) is 3.89. The highest BCUT2D eigenvalue weighted by Crippen LogP contribution is 2.21. The smallest absolute Gasteiger partial charge is 0.225 e. The quantitative estimate of drug-likeness (QED) is 0.766. The van der Waals surface area contributed by atoms with E-state index >= 15 is 0 Å². The Kier molecular flexibility index (Phi) is 6.20. The maximum absolute atomic E-state index is 11.5. The number of piperazine rings is 1. The van der Waals surface area contributed by atoms with Crippen LogP contribution in [0.2, 0.25) is 0 Å². The van der Waals surface area contributed by atoms with Crippen LogP contribution in [0.4, 0.5) is 11.6 Å². The van der Waals surface area contributed by atoms with Crippen LogP contribution in [-0.4, -0.2) is 53.5 Å². The standard InChI is InChI=1S/C23H29N5O/c1-18-6-5-8-21(24-18)28-16-14-27(15-17-28)13-4-2-3-7-20-11-9-19-10-12-22(29)26-23(19)25-20/h3,5-9,11H,2,4,10,12-17H2,1H3,(H,25,26,29)/b7-3+. The molecule has 2 aromatic rings. The number of allylic oxidation sites excluding steroid dienone is 1. The largest absolute Gasteiger partial charge is 0.354 e. The Labute approximate surface area is 172 Å². The topological polar surface area (TPSA) is 61.4 Å². The molecule has 29 heavy (non-hydrogen) atoms. The lowest BCUT2D eigenvalue weighted by Gasteiger charge is -2.35. The molecule has 152 valence electrons. The number of anilines is 2. The molecule has 0 spiro atoms. The van der Waals surface area contributed by atoms with Crippen LogP contribution in [0.25, 0.3) is 6.08 Å². The number of aromatic nitrogens is 2. The zero-order chi connectivity index (χ0) is 20.1. The second kappa shape index (κ2) is 9.18. The van der Waals surface area contributed by atoms with Crippen LogP contribution in [0.15, 0.2) is 36.4 Å². The maximum atomic E-state index is 11.5. The highest BCUT2D eigenvalue weighted by atomic mass is 16.1. The molecule has 0 aliphatic carbocycles. The van der Waals surface area contributed by atoms with Gasteiger partial charge in [0, 0.05) is 38.3 Å². The van der Waals surface area contributed by atoms with E-state index in [4.69, 9.17) is 0 Å². The molecule has 1 saturated heterocycles. The van der Waals surface area contributed by atoms with E-state index in [-0.39, 0.29) is 5.91 Å². The van der Waals surface area contributed by atoms with Crippen LogP contribution in [0.1, 0.15) is 36.2 Å². The van der Waals surface area contributed by atoms with Gasteiger partial charge in [-0.25, -0.2) is 9.97 Å². The SMILES string of the molecule is Cc1cccc(N2CCN(CCC/C=C/c3ccc4c(n3)NC(=O)CC4)CC2)n1. The molecular weight excluding hydrogens is 362 g/mol. The summed E-state index contributed by atoms with van der Waals surface area (Å²) >= 11 is 0. The zero-order valence-corrected chi connectivity index (χ0v) is 17.1. The van der Waals surface area contributed by atoms with E-state index in [1.165, 1.54) is 0 Å². The molecule has 0 radical (unpaired) electrons. The number of fused-ring (bicyclic) bond motifs is 1. The van der Waals surface area contributed by atoms with Crippen molar-refractivity contribution in [1.29, 1.82) is 0 Å². The molecule has 2 aromatic heterocycles. The second-order valence-corrected chi connectivity index (χ2v) is 7.80. The molecule has 1 amide bonds. The van der Waals surface area contributed by atoms with Crippen molar-refractivity contribution in [2.45, 2.75) is 32.6 Å². The van der Waals surface area contributed by atoms with Crippen molar-refractivity contribution in [3.05, 3.63) is 53.4 Å². The summed E-state index contributed by atoms with van der Waals surface area (Å²) in [6.07, 6.45) is 7.76. The number of rotatable bonds is 6. The molecule has 0 atom stereocenters. The summed E-state index contributed by atoms with van der Waals surface area (Å²) in [6.45, 7) is 7.42. The number of nitrogens with one attached hydrogen (secondary N) is 1. The molecule has 2 aliphatic rings. The lowest BCUT2D eigenvalue weighted by Crippen LogP contribution is -2.46. The lowest BCUT2D eigenvalue weighted by atomic mass is 10.1. The molecular formula is C23H29N5O. The normalized spacial score (nSPS) is 17.4. The average Bonchev–Trinajstić information content (AvgIpc) is 2.73. The van der Waals surface area contributed by atoms with Crippen LogP contribution in [0.5, 0.6) is 0 Å². The summed E-state index contributed by atoms with van der Waals surface area (Å²) in [5.41, 5.74) is 3.11. The van der Waals surface area contributed by atoms with Gasteiger partial charge < -0.3 is 10.2 Å². The first kappa shape index (κ1) is 19.6. The van der Waals surface area contributed by atoms with Crippen LogP contribution in [0, 0.1) is 6.92 Å². The van der Waals surface area contributed by atoms with Gasteiger partial charge in [0.15, 0.2) is 0 Å². The molecule has 0 bridgehead atoms. The van der Waals surface area contributed by atoms with E-state index < -0.39 is 0 Å². The molecule has 0 saturated carbocycles. The van der Waals surface area contributed by atoms with E-state index in [0.717, 1.165) is 80.6 Å². The number of aryl methyl sites for hydroxylation is 2. The first-order valence-corrected chi connectivity index (χ1v) is 10.5. The minimum Gasteiger partial charge on any atom is -0.354 e. The Morgan fingerprint density at radius 2 is 1.93 bits per heavy atom. The molecule has 4 heterocycles. The van der Waals surface area contributed by atoms with Crippen LogP contribution in [-0.2, 0) is 11.2 Å². The number of amides is 1. The first-order chi connectivity index (χ1) is 14.2. The molecule has 2 aliphatic heterocycles. The van der Waals surface area contributed by atoms with Gasteiger partial charge in [-0.1, -0.05) is 18.2 Å². The van der Waals surface area contributed by atoms with Crippen LogP contribution in [0.3, 0.4) is 0 Å². The van der Waals surface area contributed by atoms with Crippen LogP contribution >= 0.6 is 0 Å². The van der Waals surface area contributed by atoms with Crippen molar-refractivity contribution in [2.75, 3.05) is 42.9 Å². The number of hydrogen-bond acceptors (Lipinski definition) is 5. The molecule has 0 aromatic carbocycles. The van der Waals surface area contributed by atoms with Crippen molar-refractivity contribution < 1.29 is 4.79 Å². The van der Waals surface area contributed by atoms with Gasteiger partial charge >= 0.3 is 0 Å². The number of carbonyl (C=O) groups excluding carboxylic acids is 1. The summed E-state index contributed by atoms with van der Waals surface area (Å²) in [7, 11) is 0. The van der Waals surface area contributed by atoms with Gasteiger partial charge in [0.1, 0.15) is 11.6 Å². The first-order valence-electron chi connectivity index (χ1n) is 10.5. The summed E-state index contributed by atoms with van der Waals surface area (Å²) < 4.78 is 0. The van der Waals surface area contributed by atoms with Gasteiger partial charge in [-0.05, 0) is 62.6 Å². The number of nitrogens with zero attached hydrogens (tertiary/aromatic N) is 4. The summed E-state index contributed by atoms with van der Waals surface area (Å²) in [4.78, 5) is 25.6. The Bertz CT molecular complexity index is 887. The Hall–Kier alpha value is -2.73. The number of unbranched alkanes of at least 4 members (excludes halogenated alkanes) is 1. The molecule has 0 unspecified atom stereocenters. The van der Waals surface area contributed by atoms with Crippen LogP contribution < -0.4 is 10.2 Å². The molecule has 1 fully saturated rings. The van der Waals surface area contributed by atoms with E-state index in [1.807, 2.05) is 19.1 Å². The Balaban J connectivity index is 1.19. The minimum absolute atomic E-state index is 0.0596. The van der Waals surface area contributed by atoms with Gasteiger partial charge in [0.05, 0.1) is 5.69 Å². The predicted molar refractivity (Wildman–Crippen MR) is 117 cm³/mol. The fraction of sp³-hybridized carbons (Fsp3) is 0.435. The van der Waals surface area contributed by atoms with E-state index in [1.54, 1.807) is 0 Å². The second-order valence-electron chi connectivity index (χ2n) is 7.80. The maximum Gasteiger partial charge on any atom is 0.225 e. The van der Waals surface area contributed by atoms with Crippen molar-refractivity contribution in [2.24, 2.45) is 0 Å². The summed E-state index contributed by atoms with van der Waals surface area (Å²) in [5.74, 6) is 1.88. The molecule has 6 nitrogen and oxygen atoms in total. The van der Waals surface area contributed by atoms with Gasteiger partial charge in [-0.3, -0.25) is 9.69 Å². The molecule has 4 rings (SSSR count). The van der Waals surface area contributed by atoms with Gasteiger partial charge in [-0.2, -0.15) is 0 Å². The molecule has 6 heteroatoms. The molecule has 1 N–H and O–H groups in total. The van der Waals surface area contributed by atoms with Crippen molar-refractivity contribution in [3.8, 4) is 0 Å². The third kappa shape index (κ3) is 5.21. The Morgan fingerprint density at radius 1 is 1.07 bits per heavy atom. The van der Waals surface area contributed by atoms with Gasteiger partial charge in [0.25, 0.3) is 0 Å². The third-order valence-electron chi connectivity index (χ3n) is 5.58. The number of pyridine rings is 2. The van der Waals surface area contributed by atoms with E-state index in [2.05, 4.69) is 55.4 Å². The van der Waals surface area contributed by atoms with Crippen molar-refractivity contribution in [1.82, 2.24) is 14.9 Å². The fourth-order valence-corrected chi connectivity index (χ4v) is 3.89. The Morgan fingerprint density at radius 3 is 2.76 bits per heavy atom. The average molecular weight is 392 g/mol.